The number of benzene rings is 1. The second kappa shape index (κ2) is 7.30. The van der Waals surface area contributed by atoms with Gasteiger partial charge in [-0.05, 0) is 31.0 Å². The summed E-state index contributed by atoms with van der Waals surface area (Å²) in [5, 5.41) is 11.7. The Morgan fingerprint density at radius 3 is 2.75 bits per heavy atom. The van der Waals surface area contributed by atoms with Crippen LogP contribution in [0.1, 0.15) is 30.4 Å². The Balaban J connectivity index is 2.33. The van der Waals surface area contributed by atoms with Crippen LogP contribution in [-0.2, 0) is 6.54 Å². The van der Waals surface area contributed by atoms with Crippen LogP contribution in [0, 0.1) is 0 Å². The van der Waals surface area contributed by atoms with Gasteiger partial charge < -0.3 is 10.4 Å². The molecule has 0 unspecified atom stereocenters. The predicted molar refractivity (Wildman–Crippen MR) is 59.4 cm³/mol. The first-order valence-electron chi connectivity index (χ1n) is 5.42. The molecule has 4 heteroatoms. The second-order valence-electron chi connectivity index (χ2n) is 3.65. The standard InChI is InChI=1S/C12H17F2NO/c13-12(14)11-5-3-4-10(8-11)9-15-6-1-2-7-16/h3-5,8,12,15-16H,1-2,6-7,9H2. The van der Waals surface area contributed by atoms with E-state index < -0.39 is 6.43 Å². The van der Waals surface area contributed by atoms with E-state index in [1.54, 1.807) is 6.07 Å². The second-order valence-corrected chi connectivity index (χ2v) is 3.65. The van der Waals surface area contributed by atoms with Gasteiger partial charge in [0.05, 0.1) is 0 Å². The Labute approximate surface area is 94.3 Å². The molecule has 1 rings (SSSR count). The summed E-state index contributed by atoms with van der Waals surface area (Å²) in [7, 11) is 0. The molecule has 0 aliphatic carbocycles. The largest absolute Gasteiger partial charge is 0.396 e. The summed E-state index contributed by atoms with van der Waals surface area (Å²) < 4.78 is 24.8. The number of hydrogen-bond donors (Lipinski definition) is 2. The molecule has 0 bridgehead atoms. The lowest BCUT2D eigenvalue weighted by atomic mass is 10.1. The lowest BCUT2D eigenvalue weighted by Gasteiger charge is -2.06. The van der Waals surface area contributed by atoms with Crippen molar-refractivity contribution in [1.29, 1.82) is 0 Å². The average Bonchev–Trinajstić information content (AvgIpc) is 2.29. The monoisotopic (exact) mass is 229 g/mol. The van der Waals surface area contributed by atoms with Crippen molar-refractivity contribution in [2.24, 2.45) is 0 Å². The molecule has 90 valence electrons. The van der Waals surface area contributed by atoms with Crippen LogP contribution in [0.4, 0.5) is 8.78 Å². The minimum Gasteiger partial charge on any atom is -0.396 e. The molecular formula is C12H17F2NO. The van der Waals surface area contributed by atoms with Crippen molar-refractivity contribution in [3.8, 4) is 0 Å². The summed E-state index contributed by atoms with van der Waals surface area (Å²) in [5.74, 6) is 0. The highest BCUT2D eigenvalue weighted by Gasteiger charge is 2.06. The third-order valence-corrected chi connectivity index (χ3v) is 2.29. The highest BCUT2D eigenvalue weighted by molar-refractivity contribution is 5.24. The van der Waals surface area contributed by atoms with Crippen molar-refractivity contribution >= 4 is 0 Å². The molecule has 0 atom stereocenters. The molecule has 0 saturated carbocycles. The van der Waals surface area contributed by atoms with Crippen molar-refractivity contribution in [3.05, 3.63) is 35.4 Å². The number of unbranched alkanes of at least 4 members (excludes halogenated alkanes) is 1. The molecular weight excluding hydrogens is 212 g/mol. The topological polar surface area (TPSA) is 32.3 Å². The normalized spacial score (nSPS) is 11.0. The Hall–Kier alpha value is -1.00. The van der Waals surface area contributed by atoms with Crippen molar-refractivity contribution in [2.45, 2.75) is 25.8 Å². The minimum atomic E-state index is -2.41. The van der Waals surface area contributed by atoms with Gasteiger partial charge in [-0.1, -0.05) is 18.2 Å². The van der Waals surface area contributed by atoms with Gasteiger partial charge in [0, 0.05) is 18.7 Å². The van der Waals surface area contributed by atoms with E-state index in [1.807, 2.05) is 6.07 Å². The van der Waals surface area contributed by atoms with Gasteiger partial charge >= 0.3 is 0 Å². The van der Waals surface area contributed by atoms with Crippen molar-refractivity contribution in [1.82, 2.24) is 5.32 Å². The highest BCUT2D eigenvalue weighted by atomic mass is 19.3. The molecule has 16 heavy (non-hydrogen) atoms. The molecule has 1 aromatic carbocycles. The maximum absolute atomic E-state index is 12.4. The number of rotatable bonds is 7. The fraction of sp³-hybridized carbons (Fsp3) is 0.500. The van der Waals surface area contributed by atoms with E-state index >= 15 is 0 Å². The van der Waals surface area contributed by atoms with Crippen LogP contribution in [0.25, 0.3) is 0 Å². The Bertz CT molecular complexity index is 305. The van der Waals surface area contributed by atoms with Gasteiger partial charge in [-0.3, -0.25) is 0 Å². The number of alkyl halides is 2. The highest BCUT2D eigenvalue weighted by Crippen LogP contribution is 2.19. The molecule has 0 aliphatic heterocycles. The molecule has 0 radical (unpaired) electrons. The van der Waals surface area contributed by atoms with Gasteiger partial charge in [-0.2, -0.15) is 0 Å². The van der Waals surface area contributed by atoms with E-state index in [0.29, 0.717) is 6.54 Å². The maximum atomic E-state index is 12.4. The summed E-state index contributed by atoms with van der Waals surface area (Å²) in [6.07, 6.45) is -0.746. The quantitative estimate of drug-likeness (QED) is 0.704. The van der Waals surface area contributed by atoms with Crippen LogP contribution in [0.15, 0.2) is 24.3 Å². The van der Waals surface area contributed by atoms with Crippen LogP contribution in [0.2, 0.25) is 0 Å². The molecule has 1 aromatic rings. The summed E-state index contributed by atoms with van der Waals surface area (Å²) >= 11 is 0. The molecule has 2 nitrogen and oxygen atoms in total. The zero-order valence-corrected chi connectivity index (χ0v) is 9.13. The van der Waals surface area contributed by atoms with Crippen LogP contribution < -0.4 is 5.32 Å². The van der Waals surface area contributed by atoms with E-state index in [2.05, 4.69) is 5.32 Å². The lowest BCUT2D eigenvalue weighted by Crippen LogP contribution is -2.15. The Kier molecular flexibility index (Phi) is 5.96. The molecule has 0 saturated heterocycles. The lowest BCUT2D eigenvalue weighted by molar-refractivity contribution is 0.151. The van der Waals surface area contributed by atoms with Crippen LogP contribution >= 0.6 is 0 Å². The van der Waals surface area contributed by atoms with Crippen LogP contribution in [0.3, 0.4) is 0 Å². The first-order chi connectivity index (χ1) is 7.74. The van der Waals surface area contributed by atoms with Gasteiger partial charge in [-0.25, -0.2) is 8.78 Å². The Morgan fingerprint density at radius 2 is 2.06 bits per heavy atom. The van der Waals surface area contributed by atoms with E-state index in [-0.39, 0.29) is 12.2 Å². The fourth-order valence-corrected chi connectivity index (χ4v) is 1.43. The van der Waals surface area contributed by atoms with Gasteiger partial charge in [0.2, 0.25) is 0 Å². The zero-order chi connectivity index (χ0) is 11.8. The summed E-state index contributed by atoms with van der Waals surface area (Å²) in [6.45, 7) is 1.58. The minimum absolute atomic E-state index is 0.0645. The van der Waals surface area contributed by atoms with Crippen LogP contribution in [0.5, 0.6) is 0 Å². The van der Waals surface area contributed by atoms with E-state index in [9.17, 15) is 8.78 Å². The summed E-state index contributed by atoms with van der Waals surface area (Å²) in [4.78, 5) is 0. The van der Waals surface area contributed by atoms with Gasteiger partial charge in [-0.15, -0.1) is 0 Å². The smallest absolute Gasteiger partial charge is 0.263 e. The molecule has 0 aromatic heterocycles. The Morgan fingerprint density at radius 1 is 1.25 bits per heavy atom. The van der Waals surface area contributed by atoms with Crippen molar-refractivity contribution in [2.75, 3.05) is 13.2 Å². The molecule has 0 spiro atoms. The summed E-state index contributed by atoms with van der Waals surface area (Å²) in [6, 6.07) is 6.42. The number of halogens is 2. The number of aliphatic hydroxyl groups excluding tert-OH is 1. The van der Waals surface area contributed by atoms with Crippen LogP contribution in [-0.4, -0.2) is 18.3 Å². The molecule has 0 heterocycles. The van der Waals surface area contributed by atoms with E-state index in [1.165, 1.54) is 12.1 Å². The van der Waals surface area contributed by atoms with Gasteiger partial charge in [0.15, 0.2) is 0 Å². The fourth-order valence-electron chi connectivity index (χ4n) is 1.43. The third kappa shape index (κ3) is 4.68. The predicted octanol–water partition coefficient (Wildman–Crippen LogP) is 2.49. The molecule has 0 aliphatic rings. The summed E-state index contributed by atoms with van der Waals surface area (Å²) in [5.41, 5.74) is 0.927. The van der Waals surface area contributed by atoms with Crippen molar-refractivity contribution in [3.63, 3.8) is 0 Å². The first kappa shape index (κ1) is 13.1. The van der Waals surface area contributed by atoms with Gasteiger partial charge in [0.25, 0.3) is 6.43 Å². The third-order valence-electron chi connectivity index (χ3n) is 2.29. The first-order valence-corrected chi connectivity index (χ1v) is 5.42. The molecule has 0 fully saturated rings. The van der Waals surface area contributed by atoms with E-state index in [4.69, 9.17) is 5.11 Å². The number of nitrogens with one attached hydrogen (secondary N) is 1. The molecule has 2 N–H and O–H groups in total. The number of hydrogen-bond acceptors (Lipinski definition) is 2. The number of aliphatic hydroxyl groups is 1. The maximum Gasteiger partial charge on any atom is 0.263 e. The average molecular weight is 229 g/mol. The van der Waals surface area contributed by atoms with Gasteiger partial charge in [0.1, 0.15) is 0 Å². The van der Waals surface area contributed by atoms with E-state index in [0.717, 1.165) is 24.9 Å². The molecule has 0 amide bonds. The van der Waals surface area contributed by atoms with Crippen molar-refractivity contribution < 1.29 is 13.9 Å². The zero-order valence-electron chi connectivity index (χ0n) is 9.13. The SMILES string of the molecule is OCCCCNCc1cccc(C(F)F)c1.